The van der Waals surface area contributed by atoms with Gasteiger partial charge in [-0.25, -0.2) is 4.21 Å². The van der Waals surface area contributed by atoms with E-state index < -0.39 is 11.1 Å². The summed E-state index contributed by atoms with van der Waals surface area (Å²) in [6.07, 6.45) is 0.618. The SMILES string of the molecule is COc1ccc(CCS(=O)O)cc1. The van der Waals surface area contributed by atoms with Gasteiger partial charge in [0.05, 0.1) is 12.9 Å². The Balaban J connectivity index is 2.54. The van der Waals surface area contributed by atoms with E-state index in [0.29, 0.717) is 6.42 Å². The summed E-state index contributed by atoms with van der Waals surface area (Å²) in [6.45, 7) is 0. The van der Waals surface area contributed by atoms with Crippen LogP contribution in [0.4, 0.5) is 0 Å². The number of hydrogen-bond acceptors (Lipinski definition) is 2. The molecule has 1 N–H and O–H groups in total. The summed E-state index contributed by atoms with van der Waals surface area (Å²) in [5.41, 5.74) is 1.04. The smallest absolute Gasteiger partial charge is 0.153 e. The molecule has 1 rings (SSSR count). The Kier molecular flexibility index (Phi) is 3.92. The van der Waals surface area contributed by atoms with Crippen molar-refractivity contribution in [3.63, 3.8) is 0 Å². The molecule has 13 heavy (non-hydrogen) atoms. The molecule has 0 fully saturated rings. The average Bonchev–Trinajstić information content (AvgIpc) is 2.15. The maximum Gasteiger partial charge on any atom is 0.153 e. The molecule has 0 saturated carbocycles. The fraction of sp³-hybridized carbons (Fsp3) is 0.333. The van der Waals surface area contributed by atoms with Crippen molar-refractivity contribution in [3.05, 3.63) is 29.8 Å². The molecule has 1 atom stereocenters. The van der Waals surface area contributed by atoms with E-state index >= 15 is 0 Å². The largest absolute Gasteiger partial charge is 0.497 e. The lowest BCUT2D eigenvalue weighted by Crippen LogP contribution is -1.98. The molecule has 0 bridgehead atoms. The number of ether oxygens (including phenoxy) is 1. The van der Waals surface area contributed by atoms with E-state index in [9.17, 15) is 4.21 Å². The van der Waals surface area contributed by atoms with Crippen LogP contribution in [0.25, 0.3) is 0 Å². The van der Waals surface area contributed by atoms with E-state index in [1.807, 2.05) is 24.3 Å². The molecule has 0 spiro atoms. The first-order chi connectivity index (χ1) is 6.22. The molecule has 0 aliphatic carbocycles. The fourth-order valence-corrected chi connectivity index (χ4v) is 1.41. The minimum absolute atomic E-state index is 0.284. The van der Waals surface area contributed by atoms with Gasteiger partial charge >= 0.3 is 0 Å². The molecule has 72 valence electrons. The van der Waals surface area contributed by atoms with Crippen LogP contribution in [0.5, 0.6) is 5.75 Å². The third-order valence-electron chi connectivity index (χ3n) is 1.72. The highest BCUT2D eigenvalue weighted by Gasteiger charge is 1.97. The first-order valence-corrected chi connectivity index (χ1v) is 5.20. The normalized spacial score (nSPS) is 12.5. The number of aryl methyl sites for hydroxylation is 1. The van der Waals surface area contributed by atoms with Crippen molar-refractivity contribution >= 4 is 11.1 Å². The minimum Gasteiger partial charge on any atom is -0.497 e. The van der Waals surface area contributed by atoms with Crippen molar-refractivity contribution < 1.29 is 13.5 Å². The standard InChI is InChI=1S/C9H12O3S/c1-12-9-4-2-8(3-5-9)6-7-13(10)11/h2-5H,6-7H2,1H3,(H,10,11). The van der Waals surface area contributed by atoms with Crippen LogP contribution in [0.3, 0.4) is 0 Å². The maximum atomic E-state index is 10.4. The van der Waals surface area contributed by atoms with Crippen LogP contribution < -0.4 is 4.74 Å². The van der Waals surface area contributed by atoms with E-state index in [-0.39, 0.29) is 5.75 Å². The van der Waals surface area contributed by atoms with Crippen molar-refractivity contribution in [1.29, 1.82) is 0 Å². The van der Waals surface area contributed by atoms with Gasteiger partial charge in [-0.15, -0.1) is 0 Å². The first kappa shape index (κ1) is 10.2. The Morgan fingerprint density at radius 1 is 1.38 bits per heavy atom. The van der Waals surface area contributed by atoms with E-state index in [4.69, 9.17) is 9.29 Å². The van der Waals surface area contributed by atoms with Crippen LogP contribution in [0.2, 0.25) is 0 Å². The van der Waals surface area contributed by atoms with Gasteiger partial charge in [-0.05, 0) is 24.1 Å². The summed E-state index contributed by atoms with van der Waals surface area (Å²) in [5.74, 6) is 1.08. The van der Waals surface area contributed by atoms with Gasteiger partial charge in [0.1, 0.15) is 5.75 Å². The lowest BCUT2D eigenvalue weighted by atomic mass is 10.2. The van der Waals surface area contributed by atoms with Crippen molar-refractivity contribution in [2.75, 3.05) is 12.9 Å². The van der Waals surface area contributed by atoms with Crippen LogP contribution in [0.1, 0.15) is 5.56 Å². The second-order valence-corrected chi connectivity index (χ2v) is 3.67. The van der Waals surface area contributed by atoms with Crippen LogP contribution in [0.15, 0.2) is 24.3 Å². The number of rotatable bonds is 4. The second-order valence-electron chi connectivity index (χ2n) is 2.62. The predicted octanol–water partition coefficient (Wildman–Crippen LogP) is 1.46. The molecule has 1 unspecified atom stereocenters. The molecule has 1 aromatic carbocycles. The number of methoxy groups -OCH3 is 1. The van der Waals surface area contributed by atoms with Crippen LogP contribution >= 0.6 is 0 Å². The van der Waals surface area contributed by atoms with Crippen molar-refractivity contribution in [2.45, 2.75) is 6.42 Å². The molecule has 0 saturated heterocycles. The molecule has 0 aliphatic heterocycles. The molecule has 3 nitrogen and oxygen atoms in total. The summed E-state index contributed by atoms with van der Waals surface area (Å²) < 4.78 is 23.9. The zero-order valence-corrected chi connectivity index (χ0v) is 8.21. The van der Waals surface area contributed by atoms with Gasteiger partial charge in [0, 0.05) is 0 Å². The topological polar surface area (TPSA) is 46.5 Å². The summed E-state index contributed by atoms with van der Waals surface area (Å²) >= 11 is -1.70. The van der Waals surface area contributed by atoms with E-state index in [2.05, 4.69) is 0 Å². The highest BCUT2D eigenvalue weighted by molar-refractivity contribution is 7.79. The Morgan fingerprint density at radius 3 is 2.46 bits per heavy atom. The number of benzene rings is 1. The maximum absolute atomic E-state index is 10.4. The molecule has 0 amide bonds. The molecular weight excluding hydrogens is 188 g/mol. The predicted molar refractivity (Wildman–Crippen MR) is 52.3 cm³/mol. The highest BCUT2D eigenvalue weighted by atomic mass is 32.2. The van der Waals surface area contributed by atoms with Gasteiger partial charge in [-0.1, -0.05) is 12.1 Å². The van der Waals surface area contributed by atoms with E-state index in [0.717, 1.165) is 11.3 Å². The molecule has 0 radical (unpaired) electrons. The third-order valence-corrected chi connectivity index (χ3v) is 2.28. The minimum atomic E-state index is -1.70. The van der Waals surface area contributed by atoms with Gasteiger partial charge in [0.25, 0.3) is 0 Å². The molecular formula is C9H12O3S. The fourth-order valence-electron chi connectivity index (χ4n) is 0.997. The molecule has 0 heterocycles. The van der Waals surface area contributed by atoms with Crippen LogP contribution in [-0.2, 0) is 17.5 Å². The first-order valence-electron chi connectivity index (χ1n) is 3.93. The Hall–Kier alpha value is -0.870. The zero-order valence-electron chi connectivity index (χ0n) is 7.40. The zero-order chi connectivity index (χ0) is 9.68. The summed E-state index contributed by atoms with van der Waals surface area (Å²) in [5, 5.41) is 0. The summed E-state index contributed by atoms with van der Waals surface area (Å²) in [6, 6.07) is 7.47. The van der Waals surface area contributed by atoms with Gasteiger partial charge in [-0.3, -0.25) is 0 Å². The van der Waals surface area contributed by atoms with Crippen LogP contribution in [-0.4, -0.2) is 21.6 Å². The molecule has 0 aliphatic rings. The Morgan fingerprint density at radius 2 is 2.00 bits per heavy atom. The van der Waals surface area contributed by atoms with Crippen LogP contribution in [0, 0.1) is 0 Å². The van der Waals surface area contributed by atoms with Crippen molar-refractivity contribution in [1.82, 2.24) is 0 Å². The average molecular weight is 200 g/mol. The Labute approximate surface area is 80.0 Å². The summed E-state index contributed by atoms with van der Waals surface area (Å²) in [4.78, 5) is 0. The van der Waals surface area contributed by atoms with Crippen molar-refractivity contribution in [3.8, 4) is 5.75 Å². The lowest BCUT2D eigenvalue weighted by molar-refractivity contribution is 0.414. The summed E-state index contributed by atoms with van der Waals surface area (Å²) in [7, 11) is 1.61. The van der Waals surface area contributed by atoms with Gasteiger partial charge in [0.15, 0.2) is 11.1 Å². The van der Waals surface area contributed by atoms with Gasteiger partial charge in [-0.2, -0.15) is 0 Å². The monoisotopic (exact) mass is 200 g/mol. The third kappa shape index (κ3) is 3.57. The van der Waals surface area contributed by atoms with E-state index in [1.165, 1.54) is 0 Å². The molecule has 4 heteroatoms. The number of hydrogen-bond donors (Lipinski definition) is 1. The van der Waals surface area contributed by atoms with Gasteiger partial charge < -0.3 is 9.29 Å². The van der Waals surface area contributed by atoms with Gasteiger partial charge in [0.2, 0.25) is 0 Å². The van der Waals surface area contributed by atoms with E-state index in [1.54, 1.807) is 7.11 Å². The van der Waals surface area contributed by atoms with Crippen molar-refractivity contribution in [2.24, 2.45) is 0 Å². The lowest BCUT2D eigenvalue weighted by Gasteiger charge is -2.01. The molecule has 0 aromatic heterocycles. The quantitative estimate of drug-likeness (QED) is 0.748. The molecule has 1 aromatic rings. The Bertz CT molecular complexity index is 281. The second kappa shape index (κ2) is 4.99. The highest BCUT2D eigenvalue weighted by Crippen LogP contribution is 2.11.